The van der Waals surface area contributed by atoms with Crippen LogP contribution in [-0.2, 0) is 4.79 Å². The predicted octanol–water partition coefficient (Wildman–Crippen LogP) is 1.53. The molecule has 2 N–H and O–H groups in total. The third kappa shape index (κ3) is 6.04. The molecule has 0 spiro atoms. The van der Waals surface area contributed by atoms with Gasteiger partial charge in [-0.1, -0.05) is 13.8 Å². The van der Waals surface area contributed by atoms with Crippen LogP contribution in [0.2, 0.25) is 0 Å². The highest BCUT2D eigenvalue weighted by Crippen LogP contribution is 2.20. The van der Waals surface area contributed by atoms with Crippen LogP contribution in [0.3, 0.4) is 0 Å². The van der Waals surface area contributed by atoms with Gasteiger partial charge in [0, 0.05) is 45.2 Å². The third-order valence-corrected chi connectivity index (χ3v) is 5.45. The van der Waals surface area contributed by atoms with Crippen LogP contribution >= 0.6 is 0 Å². The molecule has 2 aliphatic rings. The first-order chi connectivity index (χ1) is 14.3. The summed E-state index contributed by atoms with van der Waals surface area (Å²) >= 11 is 0. The van der Waals surface area contributed by atoms with E-state index in [1.54, 1.807) is 17.9 Å². The van der Waals surface area contributed by atoms with Gasteiger partial charge in [-0.05, 0) is 31.6 Å². The average Bonchev–Trinajstić information content (AvgIpc) is 2.72. The number of piperidine rings is 2. The van der Waals surface area contributed by atoms with Gasteiger partial charge in [0.05, 0.1) is 12.7 Å². The minimum absolute atomic E-state index is 0.0939. The van der Waals surface area contributed by atoms with Crippen LogP contribution in [0.25, 0.3) is 0 Å². The first-order valence-electron chi connectivity index (χ1n) is 10.8. The second-order valence-corrected chi connectivity index (χ2v) is 8.60. The van der Waals surface area contributed by atoms with Gasteiger partial charge in [0.25, 0.3) is 5.91 Å². The number of nitrogens with zero attached hydrogens (tertiary/aromatic N) is 4. The molecule has 0 aromatic carbocycles. The van der Waals surface area contributed by atoms with Crippen molar-refractivity contribution in [1.82, 2.24) is 19.8 Å². The van der Waals surface area contributed by atoms with Gasteiger partial charge in [0.1, 0.15) is 11.5 Å². The highest BCUT2D eigenvalue weighted by molar-refractivity contribution is 5.93. The molecule has 166 valence electrons. The van der Waals surface area contributed by atoms with Gasteiger partial charge in [0.15, 0.2) is 0 Å². The van der Waals surface area contributed by atoms with E-state index in [1.165, 1.54) is 0 Å². The summed E-state index contributed by atoms with van der Waals surface area (Å²) in [6, 6.07) is 1.99. The zero-order valence-corrected chi connectivity index (χ0v) is 18.1. The van der Waals surface area contributed by atoms with E-state index in [9.17, 15) is 14.7 Å². The summed E-state index contributed by atoms with van der Waals surface area (Å²) in [6.45, 7) is 8.44. The number of aromatic nitrogens is 2. The smallest absolute Gasteiger partial charge is 0.319 e. The third-order valence-electron chi connectivity index (χ3n) is 5.45. The summed E-state index contributed by atoms with van der Waals surface area (Å²) < 4.78 is 5.71. The van der Waals surface area contributed by atoms with Gasteiger partial charge in [-0.2, -0.15) is 9.97 Å². The number of aliphatic hydroxyl groups excluding tert-OH is 1. The lowest BCUT2D eigenvalue weighted by Gasteiger charge is -2.32. The largest absolute Gasteiger partial charge is 0.463 e. The molecule has 3 rings (SSSR count). The van der Waals surface area contributed by atoms with Crippen molar-refractivity contribution in [3.8, 4) is 6.01 Å². The number of β-amino-alcohol motifs (C(OH)–C–C–N with tert-alkyl or cyclic N) is 1. The Morgan fingerprint density at radius 3 is 2.57 bits per heavy atom. The number of hydrogen-bond acceptors (Lipinski definition) is 7. The Hall–Kier alpha value is -2.42. The minimum atomic E-state index is -0.495. The molecule has 1 aromatic rings. The zero-order chi connectivity index (χ0) is 21.7. The lowest BCUT2D eigenvalue weighted by atomic mass is 10.0. The number of anilines is 1. The van der Waals surface area contributed by atoms with Crippen molar-refractivity contribution in [2.45, 2.75) is 58.6 Å². The molecule has 9 heteroatoms. The van der Waals surface area contributed by atoms with Crippen LogP contribution in [0.1, 0.15) is 56.9 Å². The van der Waals surface area contributed by atoms with Crippen molar-refractivity contribution in [1.29, 1.82) is 0 Å². The number of likely N-dealkylation sites (tertiary alicyclic amines) is 2. The fraction of sp³-hybridized carbons (Fsp3) is 0.714. The van der Waals surface area contributed by atoms with E-state index in [1.807, 2.05) is 18.7 Å². The van der Waals surface area contributed by atoms with Crippen molar-refractivity contribution < 1.29 is 19.4 Å². The second kappa shape index (κ2) is 10.1. The number of nitrogens with one attached hydrogen (secondary N) is 1. The van der Waals surface area contributed by atoms with Gasteiger partial charge < -0.3 is 25.0 Å². The number of amides is 2. The lowest BCUT2D eigenvalue weighted by molar-refractivity contribution is -0.129. The average molecular weight is 420 g/mol. The lowest BCUT2D eigenvalue weighted by Crippen LogP contribution is -2.42. The topological polar surface area (TPSA) is 108 Å². The van der Waals surface area contributed by atoms with Crippen LogP contribution in [0.5, 0.6) is 6.01 Å². The fourth-order valence-electron chi connectivity index (χ4n) is 3.76. The van der Waals surface area contributed by atoms with Gasteiger partial charge in [-0.25, -0.2) is 0 Å². The SMILES string of the molecule is CC(=O)N1CCC(Nc2cc(C(=O)N3CCCC(O)C3)nc(OCC(C)C)n2)CC1. The Labute approximate surface area is 177 Å². The molecule has 2 saturated heterocycles. The van der Waals surface area contributed by atoms with Gasteiger partial charge in [-0.3, -0.25) is 9.59 Å². The first-order valence-corrected chi connectivity index (χ1v) is 10.8. The maximum atomic E-state index is 13.0. The number of aliphatic hydroxyl groups is 1. The summed E-state index contributed by atoms with van der Waals surface area (Å²) in [5.41, 5.74) is 0.265. The van der Waals surface area contributed by atoms with Crippen molar-refractivity contribution in [2.75, 3.05) is 38.1 Å². The van der Waals surface area contributed by atoms with Crippen molar-refractivity contribution >= 4 is 17.6 Å². The van der Waals surface area contributed by atoms with E-state index < -0.39 is 6.10 Å². The molecule has 1 unspecified atom stereocenters. The van der Waals surface area contributed by atoms with Crippen LogP contribution in [-0.4, -0.2) is 81.6 Å². The van der Waals surface area contributed by atoms with Crippen LogP contribution in [0.15, 0.2) is 6.07 Å². The Bertz CT molecular complexity index is 749. The molecule has 2 fully saturated rings. The van der Waals surface area contributed by atoms with E-state index in [0.29, 0.717) is 50.9 Å². The molecule has 2 amide bonds. The van der Waals surface area contributed by atoms with Crippen LogP contribution < -0.4 is 10.1 Å². The highest BCUT2D eigenvalue weighted by atomic mass is 16.5. The Morgan fingerprint density at radius 1 is 1.20 bits per heavy atom. The maximum absolute atomic E-state index is 13.0. The van der Waals surface area contributed by atoms with E-state index in [0.717, 1.165) is 19.3 Å². The number of ether oxygens (including phenoxy) is 1. The molecule has 1 aromatic heterocycles. The molecule has 0 aliphatic carbocycles. The molecular weight excluding hydrogens is 386 g/mol. The van der Waals surface area contributed by atoms with Gasteiger partial charge in [0.2, 0.25) is 5.91 Å². The summed E-state index contributed by atoms with van der Waals surface area (Å²) in [4.78, 5) is 36.8. The summed E-state index contributed by atoms with van der Waals surface area (Å²) in [5, 5.41) is 13.3. The second-order valence-electron chi connectivity index (χ2n) is 8.60. The Morgan fingerprint density at radius 2 is 1.93 bits per heavy atom. The monoisotopic (exact) mass is 419 g/mol. The minimum Gasteiger partial charge on any atom is -0.463 e. The highest BCUT2D eigenvalue weighted by Gasteiger charge is 2.26. The van der Waals surface area contributed by atoms with Crippen molar-refractivity contribution in [2.24, 2.45) is 5.92 Å². The number of carbonyl (C=O) groups is 2. The maximum Gasteiger partial charge on any atom is 0.319 e. The molecule has 30 heavy (non-hydrogen) atoms. The summed E-state index contributed by atoms with van der Waals surface area (Å²) in [5.74, 6) is 0.722. The van der Waals surface area contributed by atoms with E-state index in [2.05, 4.69) is 15.3 Å². The first kappa shape index (κ1) is 22.3. The predicted molar refractivity (Wildman–Crippen MR) is 112 cm³/mol. The van der Waals surface area contributed by atoms with Crippen molar-refractivity contribution in [3.63, 3.8) is 0 Å². The molecule has 0 saturated carbocycles. The fourth-order valence-corrected chi connectivity index (χ4v) is 3.76. The van der Waals surface area contributed by atoms with E-state index >= 15 is 0 Å². The van der Waals surface area contributed by atoms with Crippen LogP contribution in [0, 0.1) is 5.92 Å². The molecular formula is C21H33N5O4. The van der Waals surface area contributed by atoms with E-state index in [-0.39, 0.29) is 29.6 Å². The molecule has 2 aliphatic heterocycles. The molecule has 1 atom stereocenters. The summed E-state index contributed by atoms with van der Waals surface area (Å²) in [6.07, 6.45) is 2.61. The molecule has 9 nitrogen and oxygen atoms in total. The Balaban J connectivity index is 1.74. The Kier molecular flexibility index (Phi) is 7.47. The van der Waals surface area contributed by atoms with Gasteiger partial charge >= 0.3 is 6.01 Å². The van der Waals surface area contributed by atoms with Crippen LogP contribution in [0.4, 0.5) is 5.82 Å². The standard InChI is InChI=1S/C21H33N5O4/c1-14(2)13-30-21-23-18(20(29)26-8-4-5-17(28)12-26)11-19(24-21)22-16-6-9-25(10-7-16)15(3)27/h11,14,16-17,28H,4-10,12-13H2,1-3H3,(H,22,23,24). The van der Waals surface area contributed by atoms with Gasteiger partial charge in [-0.15, -0.1) is 0 Å². The number of rotatable bonds is 6. The number of hydrogen-bond donors (Lipinski definition) is 2. The molecule has 3 heterocycles. The number of carbonyl (C=O) groups excluding carboxylic acids is 2. The normalized spacial score (nSPS) is 20.4. The zero-order valence-electron chi connectivity index (χ0n) is 18.1. The molecule has 0 bridgehead atoms. The summed E-state index contributed by atoms with van der Waals surface area (Å²) in [7, 11) is 0. The molecule has 0 radical (unpaired) electrons. The quantitative estimate of drug-likeness (QED) is 0.720. The van der Waals surface area contributed by atoms with Crippen molar-refractivity contribution in [3.05, 3.63) is 11.8 Å². The van der Waals surface area contributed by atoms with E-state index in [4.69, 9.17) is 4.74 Å².